The van der Waals surface area contributed by atoms with Gasteiger partial charge in [0, 0.05) is 6.54 Å². The lowest BCUT2D eigenvalue weighted by Crippen LogP contribution is -2.17. The first-order chi connectivity index (χ1) is 8.01. The molecule has 0 radical (unpaired) electrons. The Labute approximate surface area is 94.9 Å². The predicted molar refractivity (Wildman–Crippen MR) is 48.7 cm³/mol. The molecule has 0 atom stereocenters. The topological polar surface area (TPSA) is 83.4 Å². The minimum atomic E-state index is -4.36. The van der Waals surface area contributed by atoms with Gasteiger partial charge in [0.2, 0.25) is 0 Å². The van der Waals surface area contributed by atoms with Gasteiger partial charge in [-0.2, -0.15) is 18.2 Å². The van der Waals surface area contributed by atoms with Gasteiger partial charge in [-0.05, 0) is 0 Å². The third-order valence-corrected chi connectivity index (χ3v) is 1.49. The van der Waals surface area contributed by atoms with E-state index < -0.39 is 12.8 Å². The van der Waals surface area contributed by atoms with Gasteiger partial charge >= 0.3 is 6.18 Å². The average molecular weight is 255 g/mol. The largest absolute Gasteiger partial charge is 0.411 e. The predicted octanol–water partition coefficient (Wildman–Crippen LogP) is 0.624. The molecule has 9 heteroatoms. The summed E-state index contributed by atoms with van der Waals surface area (Å²) in [5.74, 6) is 0.213. The maximum absolute atomic E-state index is 11.7. The van der Waals surface area contributed by atoms with Crippen LogP contribution in [0.3, 0.4) is 0 Å². The smallest absolute Gasteiger partial charge is 0.370 e. The maximum atomic E-state index is 11.7. The van der Waals surface area contributed by atoms with Crippen LogP contribution in [0, 0.1) is 0 Å². The summed E-state index contributed by atoms with van der Waals surface area (Å²) in [5, 5.41) is 3.42. The van der Waals surface area contributed by atoms with E-state index in [-0.39, 0.29) is 24.9 Å². The van der Waals surface area contributed by atoms with Crippen LogP contribution < -0.4 is 5.73 Å². The van der Waals surface area contributed by atoms with Crippen molar-refractivity contribution in [3.8, 4) is 0 Å². The molecule has 1 aromatic rings. The van der Waals surface area contributed by atoms with Gasteiger partial charge in [-0.3, -0.25) is 0 Å². The highest BCUT2D eigenvalue weighted by Gasteiger charge is 2.27. The van der Waals surface area contributed by atoms with Crippen LogP contribution in [0.1, 0.15) is 11.7 Å². The number of hydrogen-bond donors (Lipinski definition) is 1. The highest BCUT2D eigenvalue weighted by molar-refractivity contribution is 4.82. The first-order valence-electron chi connectivity index (χ1n) is 4.75. The molecule has 0 saturated carbocycles. The van der Waals surface area contributed by atoms with Gasteiger partial charge in [0.1, 0.15) is 19.8 Å². The second-order valence-corrected chi connectivity index (χ2v) is 3.05. The number of nitrogens with zero attached hydrogens (tertiary/aromatic N) is 2. The minimum absolute atomic E-state index is 0.0422. The number of rotatable bonds is 7. The molecule has 0 aliphatic rings. The minimum Gasteiger partial charge on any atom is -0.370 e. The summed E-state index contributed by atoms with van der Waals surface area (Å²) in [6.07, 6.45) is -4.36. The molecule has 0 aliphatic carbocycles. The van der Waals surface area contributed by atoms with E-state index in [9.17, 15) is 13.2 Å². The Morgan fingerprint density at radius 2 is 2.00 bits per heavy atom. The van der Waals surface area contributed by atoms with Crippen molar-refractivity contribution in [2.75, 3.05) is 19.8 Å². The molecular weight excluding hydrogens is 243 g/mol. The highest BCUT2D eigenvalue weighted by Crippen LogP contribution is 2.15. The van der Waals surface area contributed by atoms with Crippen LogP contribution in [0.5, 0.6) is 0 Å². The molecule has 98 valence electrons. The van der Waals surface area contributed by atoms with Crippen molar-refractivity contribution in [2.45, 2.75) is 19.4 Å². The Kier molecular flexibility index (Phi) is 5.32. The van der Waals surface area contributed by atoms with Crippen LogP contribution in [0.2, 0.25) is 0 Å². The molecule has 1 heterocycles. The van der Waals surface area contributed by atoms with Crippen LogP contribution in [0.15, 0.2) is 4.52 Å². The molecule has 6 nitrogen and oxygen atoms in total. The number of hydrogen-bond acceptors (Lipinski definition) is 6. The van der Waals surface area contributed by atoms with Crippen molar-refractivity contribution in [2.24, 2.45) is 5.73 Å². The average Bonchev–Trinajstić information content (AvgIpc) is 2.64. The molecule has 0 fully saturated rings. The summed E-state index contributed by atoms with van der Waals surface area (Å²) in [6.45, 7) is -0.943. The van der Waals surface area contributed by atoms with Crippen LogP contribution >= 0.6 is 0 Å². The van der Waals surface area contributed by atoms with E-state index in [0.29, 0.717) is 13.2 Å². The molecule has 0 amide bonds. The van der Waals surface area contributed by atoms with E-state index in [4.69, 9.17) is 15.0 Å². The van der Waals surface area contributed by atoms with Gasteiger partial charge in [0.15, 0.2) is 5.82 Å². The fourth-order valence-corrected chi connectivity index (χ4v) is 0.908. The van der Waals surface area contributed by atoms with Crippen LogP contribution in [0.25, 0.3) is 0 Å². The lowest BCUT2D eigenvalue weighted by Gasteiger charge is -2.04. The van der Waals surface area contributed by atoms with E-state index in [0.717, 1.165) is 0 Å². The Morgan fingerprint density at radius 1 is 1.24 bits per heavy atom. The fourth-order valence-electron chi connectivity index (χ4n) is 0.908. The summed E-state index contributed by atoms with van der Waals surface area (Å²) in [5.41, 5.74) is 5.19. The maximum Gasteiger partial charge on any atom is 0.411 e. The Bertz CT molecular complexity index is 329. The standard InChI is InChI=1S/C8H12F3N3O3/c9-8(10,11)5-16-3-6-13-7(17-14-6)4-15-2-1-12/h1-5,12H2. The molecule has 0 bridgehead atoms. The third kappa shape index (κ3) is 6.19. The Balaban J connectivity index is 2.26. The zero-order valence-electron chi connectivity index (χ0n) is 8.87. The van der Waals surface area contributed by atoms with Crippen molar-refractivity contribution in [3.63, 3.8) is 0 Å². The molecule has 1 rings (SSSR count). The van der Waals surface area contributed by atoms with Crippen molar-refractivity contribution >= 4 is 0 Å². The molecule has 0 aromatic carbocycles. The number of ether oxygens (including phenoxy) is 2. The molecule has 2 N–H and O–H groups in total. The van der Waals surface area contributed by atoms with Gasteiger partial charge < -0.3 is 19.7 Å². The van der Waals surface area contributed by atoms with Crippen molar-refractivity contribution < 1.29 is 27.2 Å². The monoisotopic (exact) mass is 255 g/mol. The molecule has 0 saturated heterocycles. The van der Waals surface area contributed by atoms with Crippen LogP contribution in [0.4, 0.5) is 13.2 Å². The van der Waals surface area contributed by atoms with Gasteiger partial charge in [-0.25, -0.2) is 0 Å². The summed E-state index contributed by atoms with van der Waals surface area (Å²) >= 11 is 0. The molecule has 17 heavy (non-hydrogen) atoms. The summed E-state index contributed by atoms with van der Waals surface area (Å²) < 4.78 is 49.3. The van der Waals surface area contributed by atoms with Gasteiger partial charge in [0.05, 0.1) is 6.61 Å². The van der Waals surface area contributed by atoms with Crippen molar-refractivity contribution in [1.82, 2.24) is 10.1 Å². The first kappa shape index (κ1) is 13.9. The number of alkyl halides is 3. The van der Waals surface area contributed by atoms with Gasteiger partial charge in [0.25, 0.3) is 5.89 Å². The first-order valence-corrected chi connectivity index (χ1v) is 4.75. The zero-order chi connectivity index (χ0) is 12.7. The molecule has 1 aromatic heterocycles. The normalized spacial score (nSPS) is 12.0. The quantitative estimate of drug-likeness (QED) is 0.719. The van der Waals surface area contributed by atoms with Gasteiger partial charge in [-0.1, -0.05) is 5.16 Å². The van der Waals surface area contributed by atoms with E-state index in [2.05, 4.69) is 14.9 Å². The summed E-state index contributed by atoms with van der Waals surface area (Å²) in [6, 6.07) is 0. The van der Waals surface area contributed by atoms with E-state index in [1.54, 1.807) is 0 Å². The molecule has 0 aliphatic heterocycles. The zero-order valence-corrected chi connectivity index (χ0v) is 8.87. The number of halogens is 3. The van der Waals surface area contributed by atoms with Crippen LogP contribution in [-0.4, -0.2) is 36.1 Å². The second-order valence-electron chi connectivity index (χ2n) is 3.05. The summed E-state index contributed by atoms with van der Waals surface area (Å²) in [7, 11) is 0. The van der Waals surface area contributed by atoms with E-state index >= 15 is 0 Å². The third-order valence-electron chi connectivity index (χ3n) is 1.49. The molecule has 0 unspecified atom stereocenters. The molecule has 0 spiro atoms. The lowest BCUT2D eigenvalue weighted by atomic mass is 10.6. The SMILES string of the molecule is NCCOCc1nc(COCC(F)(F)F)no1. The number of aromatic nitrogens is 2. The van der Waals surface area contributed by atoms with E-state index in [1.807, 2.05) is 0 Å². The van der Waals surface area contributed by atoms with Crippen molar-refractivity contribution in [1.29, 1.82) is 0 Å². The molecular formula is C8H12F3N3O3. The fraction of sp³-hybridized carbons (Fsp3) is 0.750. The van der Waals surface area contributed by atoms with E-state index in [1.165, 1.54) is 0 Å². The Morgan fingerprint density at radius 3 is 2.65 bits per heavy atom. The summed E-state index contributed by atoms with van der Waals surface area (Å²) in [4.78, 5) is 3.77. The van der Waals surface area contributed by atoms with Crippen LogP contribution in [-0.2, 0) is 22.7 Å². The Hall–Kier alpha value is -1.19. The van der Waals surface area contributed by atoms with Gasteiger partial charge in [-0.15, -0.1) is 0 Å². The second kappa shape index (κ2) is 6.52. The lowest BCUT2D eigenvalue weighted by molar-refractivity contribution is -0.177. The number of nitrogens with two attached hydrogens (primary N) is 1. The van der Waals surface area contributed by atoms with Crippen molar-refractivity contribution in [3.05, 3.63) is 11.7 Å². The highest BCUT2D eigenvalue weighted by atomic mass is 19.4.